The third-order valence-corrected chi connectivity index (χ3v) is 1.91. The van der Waals surface area contributed by atoms with Crippen LogP contribution in [0, 0.1) is 132 Å². The maximum Gasteiger partial charge on any atom is 1.00 e. The van der Waals surface area contributed by atoms with Crippen LogP contribution in [0.15, 0.2) is 0 Å². The van der Waals surface area contributed by atoms with E-state index < -0.39 is 23.7 Å². The Morgan fingerprint density at radius 2 is 1.57 bits per heavy atom. The Labute approximate surface area is 212 Å². The average Bonchev–Trinajstić information content (AvgIpc) is 2.17. The van der Waals surface area contributed by atoms with E-state index in [1.165, 1.54) is 0 Å². The van der Waals surface area contributed by atoms with E-state index in [0.717, 1.165) is 0 Å². The van der Waals surface area contributed by atoms with Crippen LogP contribution in [0.3, 0.4) is 0 Å². The Balaban J connectivity index is -0.000000125. The van der Waals surface area contributed by atoms with Crippen LogP contribution in [0.4, 0.5) is 0 Å². The largest absolute Gasteiger partial charge is 1.00 e. The number of nitrogens with one attached hydrogen (secondary N) is 1. The second kappa shape index (κ2) is 14.7. The molecule has 3 radical (unpaired) electrons. The molecule has 0 aromatic heterocycles. The molecule has 14 heavy (non-hydrogen) atoms. The molecule has 1 aliphatic heterocycles. The summed E-state index contributed by atoms with van der Waals surface area (Å²) in [5.41, 5.74) is 6.11. The van der Waals surface area contributed by atoms with E-state index in [1.54, 1.807) is 0 Å². The molecule has 1 rings (SSSR count). The second-order valence-electron chi connectivity index (χ2n) is 2.23. The third kappa shape index (κ3) is 8.43. The molecule has 4 nitrogen and oxygen atoms in total. The molecular weight excluding hydrogens is 1030 g/mol. The molecule has 0 spiro atoms. The quantitative estimate of drug-likeness (QED) is 0.263. The van der Waals surface area contributed by atoms with Crippen molar-refractivity contribution in [3.8, 4) is 0 Å². The maximum atomic E-state index is 9.07. The maximum absolute atomic E-state index is 9.07. The van der Waals surface area contributed by atoms with Gasteiger partial charge in [-0.05, 0) is 5.44 Å². The van der Waals surface area contributed by atoms with Gasteiger partial charge < -0.3 is 33.3 Å². The Morgan fingerprint density at radius 3 is 1.71 bits per heavy atom. The van der Waals surface area contributed by atoms with E-state index >= 15 is 0 Å². The Morgan fingerprint density at radius 1 is 1.14 bits per heavy atom. The fourth-order valence-electron chi connectivity index (χ4n) is 0.883. The van der Waals surface area contributed by atoms with Crippen molar-refractivity contribution in [1.82, 2.24) is 0 Å². The number of ether oxygens (including phenoxy) is 1. The zero-order chi connectivity index (χ0) is 7.72. The van der Waals surface area contributed by atoms with Crippen LogP contribution in [0.5, 0.6) is 0 Å². The number of hydrogen-bond acceptors (Lipinski definition) is 4. The second-order valence-corrected chi connectivity index (χ2v) is 2.69. The number of rotatable bonds is 1. The van der Waals surface area contributed by atoms with E-state index in [-0.39, 0.29) is 161 Å². The predicted octanol–water partition coefficient (Wildman–Crippen LogP) is -0.970. The molecule has 9 heteroatoms. The van der Waals surface area contributed by atoms with Crippen molar-refractivity contribution in [3.63, 3.8) is 0 Å². The SMILES string of the molecule is [Ac].[Ac].[Ac].[Au+].[NH-]CC1OC([S-])C(O)C1O. The predicted molar refractivity (Wildman–Crippen MR) is 37.2 cm³/mol. The zero-order valence-electron chi connectivity index (χ0n) is 7.26. The first-order valence-electron chi connectivity index (χ1n) is 2.99. The summed E-state index contributed by atoms with van der Waals surface area (Å²) in [6.45, 7) is -0.0641. The van der Waals surface area contributed by atoms with Gasteiger partial charge in [-0.2, -0.15) is 0 Å². The van der Waals surface area contributed by atoms with Crippen LogP contribution >= 0.6 is 0 Å². The van der Waals surface area contributed by atoms with Crippen LogP contribution in [0.25, 0.3) is 5.73 Å². The van der Waals surface area contributed by atoms with E-state index in [2.05, 4.69) is 12.6 Å². The van der Waals surface area contributed by atoms with Gasteiger partial charge in [-0.15, -0.1) is 6.54 Å². The fourth-order valence-corrected chi connectivity index (χ4v) is 1.19. The summed E-state index contributed by atoms with van der Waals surface area (Å²) in [6.07, 6.45) is -2.61. The van der Waals surface area contributed by atoms with Crippen LogP contribution in [-0.2, 0) is 39.7 Å². The van der Waals surface area contributed by atoms with Crippen LogP contribution in [0.2, 0.25) is 0 Å². The van der Waals surface area contributed by atoms with Crippen molar-refractivity contribution < 1.29 is 170 Å². The smallest absolute Gasteiger partial charge is 0.759 e. The Bertz CT molecular complexity index is 139. The molecule has 0 aromatic carbocycles. The molecule has 0 aliphatic carbocycles. The first kappa shape index (κ1) is 27.6. The molecule has 4 atom stereocenters. The van der Waals surface area contributed by atoms with Gasteiger partial charge in [0.25, 0.3) is 0 Å². The van der Waals surface area contributed by atoms with E-state index in [0.29, 0.717) is 0 Å². The topological polar surface area (TPSA) is 73.5 Å². The van der Waals surface area contributed by atoms with Crippen molar-refractivity contribution in [2.45, 2.75) is 23.7 Å². The van der Waals surface area contributed by atoms with Crippen LogP contribution in [0.1, 0.15) is 0 Å². The van der Waals surface area contributed by atoms with Crippen molar-refractivity contribution in [3.05, 3.63) is 5.73 Å². The third-order valence-electron chi connectivity index (χ3n) is 1.52. The summed E-state index contributed by atoms with van der Waals surface area (Å²) in [7, 11) is 0. The summed E-state index contributed by atoms with van der Waals surface area (Å²) in [6, 6.07) is 0. The van der Waals surface area contributed by atoms with E-state index in [9.17, 15) is 0 Å². The molecule has 1 saturated heterocycles. The van der Waals surface area contributed by atoms with Gasteiger partial charge in [0.1, 0.15) is 6.10 Å². The van der Waals surface area contributed by atoms with Gasteiger partial charge in [-0.25, -0.2) is 0 Å². The molecule has 1 fully saturated rings. The zero-order valence-corrected chi connectivity index (χ0v) is 24.5. The minimum Gasteiger partial charge on any atom is -0.759 e. The molecule has 0 amide bonds. The summed E-state index contributed by atoms with van der Waals surface area (Å²) in [4.78, 5) is 0. The summed E-state index contributed by atoms with van der Waals surface area (Å²) < 4.78 is 4.86. The number of aliphatic hydroxyl groups is 2. The standard InChI is InChI=1S/C5H10NO3S.3Ac.Au/c6-1-2-3(7)4(8)5(10)9-2;;;;/h2-8,10H,1H2;;;;/q-1;;;;+1/p-1. The molecule has 0 bridgehead atoms. The molecule has 4 unspecified atom stereocenters. The van der Waals surface area contributed by atoms with Gasteiger partial charge in [0.05, 0.1) is 12.2 Å². The number of hydrogen-bond donors (Lipinski definition) is 2. The minimum atomic E-state index is -1.01. The van der Waals surface area contributed by atoms with Gasteiger partial charge in [-0.3, -0.25) is 0 Å². The molecule has 0 saturated carbocycles. The van der Waals surface area contributed by atoms with Gasteiger partial charge in [0.2, 0.25) is 0 Å². The minimum absolute atomic E-state index is 0. The Hall–Kier alpha value is 5.25. The van der Waals surface area contributed by atoms with Gasteiger partial charge in [0.15, 0.2) is 0 Å². The summed E-state index contributed by atoms with van der Waals surface area (Å²) in [5, 5.41) is 18.1. The van der Waals surface area contributed by atoms with Crippen molar-refractivity contribution >= 4 is 12.6 Å². The van der Waals surface area contributed by atoms with Crippen molar-refractivity contribution in [1.29, 1.82) is 0 Å². The Kier molecular flexibility index (Phi) is 28.9. The first-order valence-corrected chi connectivity index (χ1v) is 3.46. The van der Waals surface area contributed by atoms with Crippen molar-refractivity contribution in [2.75, 3.05) is 6.54 Å². The molecule has 1 aliphatic rings. The van der Waals surface area contributed by atoms with Crippen LogP contribution < -0.4 is 0 Å². The molecule has 3 N–H and O–H groups in total. The normalized spacial score (nSPS) is 34.3. The number of aliphatic hydroxyl groups excluding tert-OH is 2. The summed E-state index contributed by atoms with van der Waals surface area (Å²) in [5.74, 6) is 0. The van der Waals surface area contributed by atoms with E-state index in [1.807, 2.05) is 0 Å². The molecular formula is C5H9Ac3AuNO3S-. The fraction of sp³-hybridized carbons (Fsp3) is 1.00. The molecule has 79 valence electrons. The van der Waals surface area contributed by atoms with E-state index in [4.69, 9.17) is 20.7 Å². The monoisotopic (exact) mass is 1040 g/mol. The van der Waals surface area contributed by atoms with Crippen LogP contribution in [-0.4, -0.2) is 40.5 Å². The van der Waals surface area contributed by atoms with Gasteiger partial charge in [0, 0.05) is 132 Å². The van der Waals surface area contributed by atoms with Gasteiger partial charge >= 0.3 is 22.4 Å². The van der Waals surface area contributed by atoms with Gasteiger partial charge in [-0.1, -0.05) is 0 Å². The molecule has 1 heterocycles. The van der Waals surface area contributed by atoms with Crippen molar-refractivity contribution in [2.24, 2.45) is 0 Å². The average molecular weight is 1040 g/mol. The summed E-state index contributed by atoms with van der Waals surface area (Å²) >= 11 is 4.63. The molecule has 0 aromatic rings. The first-order chi connectivity index (χ1) is 4.66.